The molecule has 0 radical (unpaired) electrons. The Bertz CT molecular complexity index is 268. The molecule has 1 heterocycles. The Balaban J connectivity index is 0.00000144. The summed E-state index contributed by atoms with van der Waals surface area (Å²) in [6.07, 6.45) is 3.46. The average molecular weight is 204 g/mol. The summed E-state index contributed by atoms with van der Waals surface area (Å²) in [5, 5.41) is 0. The molecule has 0 aliphatic rings. The zero-order valence-electron chi connectivity index (χ0n) is 7.78. The number of aromatic nitrogens is 2. The Morgan fingerprint density at radius 2 is 2.23 bits per heavy atom. The molecular weight excluding hydrogens is 190 g/mol. The van der Waals surface area contributed by atoms with Crippen LogP contribution in [0.3, 0.4) is 0 Å². The summed E-state index contributed by atoms with van der Waals surface area (Å²) in [6.45, 7) is 2.08. The van der Waals surface area contributed by atoms with Crippen molar-refractivity contribution in [2.45, 2.75) is 19.8 Å². The van der Waals surface area contributed by atoms with Gasteiger partial charge in [-0.2, -0.15) is 4.98 Å². The van der Waals surface area contributed by atoms with Crippen molar-refractivity contribution in [2.24, 2.45) is 0 Å². The third-order valence-electron chi connectivity index (χ3n) is 1.50. The quantitative estimate of drug-likeness (QED) is 0.808. The van der Waals surface area contributed by atoms with E-state index in [2.05, 4.69) is 16.9 Å². The summed E-state index contributed by atoms with van der Waals surface area (Å²) < 4.78 is 4.96. The van der Waals surface area contributed by atoms with E-state index < -0.39 is 0 Å². The zero-order chi connectivity index (χ0) is 8.97. The van der Waals surface area contributed by atoms with Crippen molar-refractivity contribution in [1.29, 1.82) is 0 Å². The number of nitrogens with zero attached hydrogens (tertiary/aromatic N) is 2. The molecule has 5 heteroatoms. The number of hydrogen-bond acceptors (Lipinski definition) is 4. The predicted octanol–water partition coefficient (Wildman–Crippen LogP) is 1.44. The molecule has 2 N–H and O–H groups in total. The second-order valence-corrected chi connectivity index (χ2v) is 2.50. The van der Waals surface area contributed by atoms with Gasteiger partial charge in [0.1, 0.15) is 11.5 Å². The number of halogens is 1. The third-order valence-corrected chi connectivity index (χ3v) is 1.50. The first-order valence-electron chi connectivity index (χ1n) is 3.93. The van der Waals surface area contributed by atoms with Crippen LogP contribution < -0.4 is 10.5 Å². The summed E-state index contributed by atoms with van der Waals surface area (Å²) in [5.41, 5.74) is 6.03. The summed E-state index contributed by atoms with van der Waals surface area (Å²) in [5.74, 6) is 1.25. The van der Waals surface area contributed by atoms with Crippen molar-refractivity contribution >= 4 is 18.1 Å². The normalized spacial score (nSPS) is 9.08. The number of nitrogens with two attached hydrogens (primary N) is 1. The fourth-order valence-electron chi connectivity index (χ4n) is 0.917. The van der Waals surface area contributed by atoms with E-state index in [0.29, 0.717) is 11.6 Å². The van der Waals surface area contributed by atoms with Crippen LogP contribution in [0.1, 0.15) is 19.2 Å². The highest BCUT2D eigenvalue weighted by Gasteiger charge is 2.02. The highest BCUT2D eigenvalue weighted by molar-refractivity contribution is 5.85. The molecule has 0 unspecified atom stereocenters. The summed E-state index contributed by atoms with van der Waals surface area (Å²) in [4.78, 5) is 8.18. The van der Waals surface area contributed by atoms with Gasteiger partial charge in [0.05, 0.1) is 13.3 Å². The van der Waals surface area contributed by atoms with E-state index in [1.807, 2.05) is 0 Å². The van der Waals surface area contributed by atoms with Gasteiger partial charge < -0.3 is 10.5 Å². The molecule has 0 bridgehead atoms. The van der Waals surface area contributed by atoms with Crippen molar-refractivity contribution in [3.8, 4) is 5.88 Å². The van der Waals surface area contributed by atoms with Crippen LogP contribution in [0.4, 0.5) is 5.69 Å². The first kappa shape index (κ1) is 12.0. The van der Waals surface area contributed by atoms with E-state index in [1.165, 1.54) is 0 Å². The lowest BCUT2D eigenvalue weighted by molar-refractivity contribution is 0.397. The molecule has 0 amide bonds. The minimum Gasteiger partial charge on any atom is -0.479 e. The van der Waals surface area contributed by atoms with Crippen LogP contribution >= 0.6 is 12.4 Å². The van der Waals surface area contributed by atoms with Gasteiger partial charge in [0.15, 0.2) is 0 Å². The molecule has 0 fully saturated rings. The SMILES string of the molecule is CCCc1ncc(N)c(OC)n1.Cl. The van der Waals surface area contributed by atoms with Crippen molar-refractivity contribution in [1.82, 2.24) is 9.97 Å². The molecule has 0 atom stereocenters. The summed E-state index contributed by atoms with van der Waals surface area (Å²) in [6, 6.07) is 0. The molecule has 0 aliphatic carbocycles. The van der Waals surface area contributed by atoms with E-state index in [0.717, 1.165) is 18.7 Å². The maximum Gasteiger partial charge on any atom is 0.240 e. The van der Waals surface area contributed by atoms with Crippen LogP contribution in [0.25, 0.3) is 0 Å². The number of ether oxygens (including phenoxy) is 1. The van der Waals surface area contributed by atoms with E-state index >= 15 is 0 Å². The van der Waals surface area contributed by atoms with Crippen LogP contribution in [0, 0.1) is 0 Å². The van der Waals surface area contributed by atoms with Gasteiger partial charge in [-0.25, -0.2) is 4.98 Å². The number of aryl methyl sites for hydroxylation is 1. The predicted molar refractivity (Wildman–Crippen MR) is 54.2 cm³/mol. The maximum atomic E-state index is 5.55. The monoisotopic (exact) mass is 203 g/mol. The van der Waals surface area contributed by atoms with Crippen molar-refractivity contribution in [2.75, 3.05) is 12.8 Å². The molecule has 0 spiro atoms. The molecule has 0 aliphatic heterocycles. The number of anilines is 1. The number of methoxy groups -OCH3 is 1. The lowest BCUT2D eigenvalue weighted by atomic mass is 10.3. The Morgan fingerprint density at radius 3 is 2.77 bits per heavy atom. The largest absolute Gasteiger partial charge is 0.479 e. The van der Waals surface area contributed by atoms with Crippen LogP contribution in [-0.4, -0.2) is 17.1 Å². The van der Waals surface area contributed by atoms with Gasteiger partial charge >= 0.3 is 0 Å². The van der Waals surface area contributed by atoms with E-state index in [4.69, 9.17) is 10.5 Å². The van der Waals surface area contributed by atoms with Crippen LogP contribution in [0.5, 0.6) is 5.88 Å². The van der Waals surface area contributed by atoms with Gasteiger partial charge in [0.2, 0.25) is 5.88 Å². The second-order valence-electron chi connectivity index (χ2n) is 2.50. The zero-order valence-corrected chi connectivity index (χ0v) is 8.60. The van der Waals surface area contributed by atoms with Crippen LogP contribution in [0.15, 0.2) is 6.20 Å². The Morgan fingerprint density at radius 1 is 1.54 bits per heavy atom. The van der Waals surface area contributed by atoms with Gasteiger partial charge in [-0.1, -0.05) is 6.92 Å². The first-order valence-corrected chi connectivity index (χ1v) is 3.93. The first-order chi connectivity index (χ1) is 5.77. The summed E-state index contributed by atoms with van der Waals surface area (Å²) >= 11 is 0. The second kappa shape index (κ2) is 5.59. The van der Waals surface area contributed by atoms with Gasteiger partial charge in [0, 0.05) is 6.42 Å². The molecule has 1 aromatic rings. The number of rotatable bonds is 3. The summed E-state index contributed by atoms with van der Waals surface area (Å²) in [7, 11) is 1.55. The molecule has 0 saturated carbocycles. The fourth-order valence-corrected chi connectivity index (χ4v) is 0.917. The van der Waals surface area contributed by atoms with Crippen molar-refractivity contribution < 1.29 is 4.74 Å². The van der Waals surface area contributed by atoms with Gasteiger partial charge in [-0.3, -0.25) is 0 Å². The van der Waals surface area contributed by atoms with Crippen molar-refractivity contribution in [3.63, 3.8) is 0 Å². The Kier molecular flexibility index (Phi) is 5.14. The smallest absolute Gasteiger partial charge is 0.240 e. The van der Waals surface area contributed by atoms with E-state index in [-0.39, 0.29) is 12.4 Å². The van der Waals surface area contributed by atoms with Crippen LogP contribution in [-0.2, 0) is 6.42 Å². The fraction of sp³-hybridized carbons (Fsp3) is 0.500. The molecule has 0 aromatic carbocycles. The van der Waals surface area contributed by atoms with E-state index in [9.17, 15) is 0 Å². The van der Waals surface area contributed by atoms with E-state index in [1.54, 1.807) is 13.3 Å². The van der Waals surface area contributed by atoms with Crippen molar-refractivity contribution in [3.05, 3.63) is 12.0 Å². The highest BCUT2D eigenvalue weighted by atomic mass is 35.5. The number of hydrogen-bond donors (Lipinski definition) is 1. The lowest BCUT2D eigenvalue weighted by Crippen LogP contribution is -2.01. The topological polar surface area (TPSA) is 61.0 Å². The minimum atomic E-state index is 0. The minimum absolute atomic E-state index is 0. The molecule has 74 valence electrons. The third kappa shape index (κ3) is 3.06. The molecule has 1 aromatic heterocycles. The standard InChI is InChI=1S/C8H13N3O.ClH/c1-3-4-7-10-5-6(9)8(11-7)12-2;/h5H,3-4,9H2,1-2H3;1H. The molecule has 1 rings (SSSR count). The van der Waals surface area contributed by atoms with Crippen LogP contribution in [0.2, 0.25) is 0 Å². The van der Waals surface area contributed by atoms with Gasteiger partial charge in [-0.05, 0) is 6.42 Å². The molecule has 4 nitrogen and oxygen atoms in total. The molecule has 13 heavy (non-hydrogen) atoms. The maximum absolute atomic E-state index is 5.55. The van der Waals surface area contributed by atoms with Gasteiger partial charge in [0.25, 0.3) is 0 Å². The average Bonchev–Trinajstić information content (AvgIpc) is 2.09. The lowest BCUT2D eigenvalue weighted by Gasteiger charge is -2.03. The molecular formula is C8H14ClN3O. The Hall–Kier alpha value is -1.03. The molecule has 0 saturated heterocycles. The Labute approximate surface area is 83.9 Å². The highest BCUT2D eigenvalue weighted by Crippen LogP contribution is 2.15. The van der Waals surface area contributed by atoms with Gasteiger partial charge in [-0.15, -0.1) is 12.4 Å². The number of nitrogen functional groups attached to an aromatic ring is 1.